The Balaban J connectivity index is 3.54. The van der Waals surface area contributed by atoms with Gasteiger partial charge in [-0.1, -0.05) is 31.2 Å². The molecule has 0 aliphatic carbocycles. The SMILES string of the molecule is CC/C=C\CC/C=C/CNC(=O)OCCC(C)(C)OC. The average molecular weight is 283 g/mol. The number of carbonyl (C=O) groups is 1. The monoisotopic (exact) mass is 283 g/mol. The third-order valence-electron chi connectivity index (χ3n) is 2.92. The van der Waals surface area contributed by atoms with Crippen molar-refractivity contribution in [3.63, 3.8) is 0 Å². The molecule has 0 rings (SSSR count). The second-order valence-electron chi connectivity index (χ2n) is 5.16. The van der Waals surface area contributed by atoms with E-state index in [0.29, 0.717) is 19.6 Å². The van der Waals surface area contributed by atoms with E-state index in [2.05, 4.69) is 30.5 Å². The summed E-state index contributed by atoms with van der Waals surface area (Å²) in [7, 11) is 1.65. The van der Waals surface area contributed by atoms with Crippen LogP contribution in [-0.2, 0) is 9.47 Å². The zero-order chi connectivity index (χ0) is 15.3. The molecule has 0 heterocycles. The van der Waals surface area contributed by atoms with E-state index in [1.807, 2.05) is 19.9 Å². The van der Waals surface area contributed by atoms with Gasteiger partial charge >= 0.3 is 6.09 Å². The van der Waals surface area contributed by atoms with E-state index < -0.39 is 0 Å². The van der Waals surface area contributed by atoms with Gasteiger partial charge in [-0.2, -0.15) is 0 Å². The minimum atomic E-state index is -0.382. The first-order valence-corrected chi connectivity index (χ1v) is 7.27. The Morgan fingerprint density at radius 2 is 1.80 bits per heavy atom. The minimum absolute atomic E-state index is 0.258. The molecule has 0 aliphatic heterocycles. The lowest BCUT2D eigenvalue weighted by Crippen LogP contribution is -2.29. The molecule has 0 aromatic rings. The van der Waals surface area contributed by atoms with Crippen molar-refractivity contribution in [1.82, 2.24) is 5.32 Å². The highest BCUT2D eigenvalue weighted by Gasteiger charge is 2.16. The normalized spacial score (nSPS) is 12.2. The molecule has 4 nitrogen and oxygen atoms in total. The topological polar surface area (TPSA) is 47.6 Å². The van der Waals surface area contributed by atoms with Gasteiger partial charge in [0.25, 0.3) is 0 Å². The summed E-state index contributed by atoms with van der Waals surface area (Å²) in [6.07, 6.45) is 11.7. The number of nitrogens with one attached hydrogen (secondary N) is 1. The minimum Gasteiger partial charge on any atom is -0.449 e. The molecule has 4 heteroatoms. The number of alkyl carbamates (subject to hydrolysis) is 1. The van der Waals surface area contributed by atoms with Gasteiger partial charge in [-0.05, 0) is 33.1 Å². The first-order valence-electron chi connectivity index (χ1n) is 7.27. The second-order valence-corrected chi connectivity index (χ2v) is 5.16. The van der Waals surface area contributed by atoms with Gasteiger partial charge in [-0.15, -0.1) is 0 Å². The molecule has 0 fully saturated rings. The summed E-state index contributed by atoms with van der Waals surface area (Å²) in [4.78, 5) is 11.4. The van der Waals surface area contributed by atoms with Crippen LogP contribution in [-0.4, -0.2) is 32.0 Å². The lowest BCUT2D eigenvalue weighted by Gasteiger charge is -2.22. The standard InChI is InChI=1S/C16H29NO3/c1-5-6-7-8-9-10-11-13-17-15(18)20-14-12-16(2,3)19-4/h6-7,10-11H,5,8-9,12-14H2,1-4H3,(H,17,18)/b7-6-,11-10+. The highest BCUT2D eigenvalue weighted by atomic mass is 16.5. The van der Waals surface area contributed by atoms with Crippen LogP contribution in [0.15, 0.2) is 24.3 Å². The van der Waals surface area contributed by atoms with Crippen molar-refractivity contribution in [2.24, 2.45) is 0 Å². The summed E-state index contributed by atoms with van der Waals surface area (Å²) in [6.45, 7) is 6.91. The van der Waals surface area contributed by atoms with E-state index in [4.69, 9.17) is 9.47 Å². The molecule has 0 radical (unpaired) electrons. The predicted octanol–water partition coefficient (Wildman–Crippen LogP) is 3.83. The number of hydrogen-bond donors (Lipinski definition) is 1. The van der Waals surface area contributed by atoms with E-state index in [-0.39, 0.29) is 11.7 Å². The second kappa shape index (κ2) is 11.5. The van der Waals surface area contributed by atoms with Crippen molar-refractivity contribution in [3.05, 3.63) is 24.3 Å². The number of carbonyl (C=O) groups excluding carboxylic acids is 1. The van der Waals surface area contributed by atoms with Crippen LogP contribution in [0.5, 0.6) is 0 Å². The quantitative estimate of drug-likeness (QED) is 0.489. The molecule has 0 saturated heterocycles. The van der Waals surface area contributed by atoms with Gasteiger partial charge in [0, 0.05) is 20.1 Å². The van der Waals surface area contributed by atoms with Crippen LogP contribution < -0.4 is 5.32 Å². The maximum atomic E-state index is 11.4. The number of allylic oxidation sites excluding steroid dienone is 3. The lowest BCUT2D eigenvalue weighted by atomic mass is 10.1. The Kier molecular flexibility index (Phi) is 10.8. The summed E-state index contributed by atoms with van der Waals surface area (Å²) in [6, 6.07) is 0. The molecule has 116 valence electrons. The molecule has 0 aromatic carbocycles. The van der Waals surface area contributed by atoms with Crippen LogP contribution in [0.1, 0.15) is 46.5 Å². The van der Waals surface area contributed by atoms with Gasteiger partial charge in [0.15, 0.2) is 0 Å². The number of ether oxygens (including phenoxy) is 2. The molecule has 0 unspecified atom stereocenters. The summed E-state index contributed by atoms with van der Waals surface area (Å²) in [5, 5.41) is 2.68. The van der Waals surface area contributed by atoms with E-state index in [0.717, 1.165) is 19.3 Å². The number of amides is 1. The highest BCUT2D eigenvalue weighted by Crippen LogP contribution is 2.12. The molecule has 0 bridgehead atoms. The van der Waals surface area contributed by atoms with Crippen molar-refractivity contribution in [1.29, 1.82) is 0 Å². The van der Waals surface area contributed by atoms with Crippen molar-refractivity contribution in [2.45, 2.75) is 52.1 Å². The van der Waals surface area contributed by atoms with Crippen LogP contribution in [0.25, 0.3) is 0 Å². The summed E-state index contributed by atoms with van der Waals surface area (Å²) in [5.41, 5.74) is -0.258. The van der Waals surface area contributed by atoms with Crippen LogP contribution in [0.3, 0.4) is 0 Å². The van der Waals surface area contributed by atoms with E-state index >= 15 is 0 Å². The van der Waals surface area contributed by atoms with Gasteiger partial charge in [0.1, 0.15) is 0 Å². The third kappa shape index (κ3) is 11.8. The number of rotatable bonds is 10. The molecule has 0 saturated carbocycles. The Hall–Kier alpha value is -1.29. The number of hydrogen-bond acceptors (Lipinski definition) is 3. The van der Waals surface area contributed by atoms with Gasteiger partial charge < -0.3 is 14.8 Å². The predicted molar refractivity (Wildman–Crippen MR) is 82.9 cm³/mol. The number of unbranched alkanes of at least 4 members (excludes halogenated alkanes) is 1. The van der Waals surface area contributed by atoms with Crippen LogP contribution in [0, 0.1) is 0 Å². The van der Waals surface area contributed by atoms with E-state index in [1.165, 1.54) is 0 Å². The Morgan fingerprint density at radius 1 is 1.15 bits per heavy atom. The van der Waals surface area contributed by atoms with E-state index in [1.54, 1.807) is 7.11 Å². The largest absolute Gasteiger partial charge is 0.449 e. The molecule has 0 aromatic heterocycles. The maximum absolute atomic E-state index is 11.4. The van der Waals surface area contributed by atoms with Crippen LogP contribution in [0.2, 0.25) is 0 Å². The van der Waals surface area contributed by atoms with Gasteiger partial charge in [0.2, 0.25) is 0 Å². The van der Waals surface area contributed by atoms with Crippen molar-refractivity contribution in [3.8, 4) is 0 Å². The van der Waals surface area contributed by atoms with Gasteiger partial charge in [-0.3, -0.25) is 0 Å². The molecule has 0 atom stereocenters. The first kappa shape index (κ1) is 18.7. The molecular formula is C16H29NO3. The first-order chi connectivity index (χ1) is 9.52. The molecule has 1 amide bonds. The van der Waals surface area contributed by atoms with Crippen molar-refractivity contribution in [2.75, 3.05) is 20.3 Å². The average Bonchev–Trinajstić information content (AvgIpc) is 2.41. The molecule has 0 aliphatic rings. The van der Waals surface area contributed by atoms with Gasteiger partial charge in [-0.25, -0.2) is 4.79 Å². The smallest absolute Gasteiger partial charge is 0.407 e. The maximum Gasteiger partial charge on any atom is 0.407 e. The molecular weight excluding hydrogens is 254 g/mol. The zero-order valence-corrected chi connectivity index (χ0v) is 13.3. The third-order valence-corrected chi connectivity index (χ3v) is 2.92. The Morgan fingerprint density at radius 3 is 2.40 bits per heavy atom. The summed E-state index contributed by atoms with van der Waals surface area (Å²) in [5.74, 6) is 0. The number of methoxy groups -OCH3 is 1. The molecule has 1 N–H and O–H groups in total. The van der Waals surface area contributed by atoms with Crippen molar-refractivity contribution < 1.29 is 14.3 Å². The summed E-state index contributed by atoms with van der Waals surface area (Å²) < 4.78 is 10.3. The highest BCUT2D eigenvalue weighted by molar-refractivity contribution is 5.67. The fraction of sp³-hybridized carbons (Fsp3) is 0.688. The Labute approximate surface area is 123 Å². The lowest BCUT2D eigenvalue weighted by molar-refractivity contribution is 0.000258. The fourth-order valence-electron chi connectivity index (χ4n) is 1.36. The van der Waals surface area contributed by atoms with E-state index in [9.17, 15) is 4.79 Å². The Bertz CT molecular complexity index is 309. The molecule has 0 spiro atoms. The van der Waals surface area contributed by atoms with Gasteiger partial charge in [0.05, 0.1) is 12.2 Å². The summed E-state index contributed by atoms with van der Waals surface area (Å²) >= 11 is 0. The zero-order valence-electron chi connectivity index (χ0n) is 13.3. The molecule has 20 heavy (non-hydrogen) atoms. The van der Waals surface area contributed by atoms with Crippen LogP contribution >= 0.6 is 0 Å². The van der Waals surface area contributed by atoms with Crippen LogP contribution in [0.4, 0.5) is 4.79 Å². The fourth-order valence-corrected chi connectivity index (χ4v) is 1.36. The van der Waals surface area contributed by atoms with Crippen molar-refractivity contribution >= 4 is 6.09 Å².